The second kappa shape index (κ2) is 7.99. The maximum atomic E-state index is 6.65. The number of nitrogens with two attached hydrogens (primary N) is 2. The van der Waals surface area contributed by atoms with Crippen LogP contribution in [0, 0.1) is 5.41 Å². The van der Waals surface area contributed by atoms with Gasteiger partial charge in [-0.15, -0.1) is 11.3 Å². The SMILES string of the molecule is Nc1nccc(Sc2cnc(N3CCC4(CC3)Cc3sc(Cl)nc3[C@H]4N)n3ccnc23)c1Cl. The number of hydrogen-bond acceptors (Lipinski definition) is 9. The van der Waals surface area contributed by atoms with E-state index in [0.29, 0.717) is 15.3 Å². The molecule has 4 aromatic rings. The molecule has 1 atom stereocenters. The van der Waals surface area contributed by atoms with Gasteiger partial charge in [-0.25, -0.2) is 19.9 Å². The summed E-state index contributed by atoms with van der Waals surface area (Å²) in [4.78, 5) is 23.2. The highest BCUT2D eigenvalue weighted by molar-refractivity contribution is 7.99. The Bertz CT molecular complexity index is 1360. The van der Waals surface area contributed by atoms with Gasteiger partial charge >= 0.3 is 0 Å². The van der Waals surface area contributed by atoms with E-state index in [1.54, 1.807) is 23.7 Å². The lowest BCUT2D eigenvalue weighted by atomic mass is 9.74. The summed E-state index contributed by atoms with van der Waals surface area (Å²) in [6.45, 7) is 1.74. The molecule has 1 spiro atoms. The Labute approximate surface area is 208 Å². The van der Waals surface area contributed by atoms with Crippen molar-refractivity contribution in [1.82, 2.24) is 24.3 Å². The topological polar surface area (TPSA) is 111 Å². The summed E-state index contributed by atoms with van der Waals surface area (Å²) in [5.74, 6) is 1.19. The summed E-state index contributed by atoms with van der Waals surface area (Å²) >= 11 is 15.5. The molecule has 1 fully saturated rings. The van der Waals surface area contributed by atoms with Crippen molar-refractivity contribution >= 4 is 63.7 Å². The van der Waals surface area contributed by atoms with Crippen LogP contribution in [0.5, 0.6) is 0 Å². The average molecular weight is 519 g/mol. The number of anilines is 2. The number of hydrogen-bond donors (Lipinski definition) is 2. The number of fused-ring (bicyclic) bond motifs is 2. The number of rotatable bonds is 3. The molecule has 1 aliphatic heterocycles. The van der Waals surface area contributed by atoms with Crippen LogP contribution in [0.3, 0.4) is 0 Å². The Balaban J connectivity index is 1.25. The van der Waals surface area contributed by atoms with Crippen LogP contribution >= 0.6 is 46.3 Å². The molecule has 33 heavy (non-hydrogen) atoms. The van der Waals surface area contributed by atoms with Crippen molar-refractivity contribution in [1.29, 1.82) is 0 Å². The van der Waals surface area contributed by atoms with Crippen LogP contribution in [0.25, 0.3) is 5.65 Å². The maximum absolute atomic E-state index is 6.65. The minimum Gasteiger partial charge on any atom is -0.382 e. The first-order valence-corrected chi connectivity index (χ1v) is 12.9. The number of pyridine rings is 1. The summed E-state index contributed by atoms with van der Waals surface area (Å²) in [5, 5.41) is 0.440. The molecule has 0 bridgehead atoms. The largest absolute Gasteiger partial charge is 0.382 e. The van der Waals surface area contributed by atoms with E-state index in [-0.39, 0.29) is 11.5 Å². The van der Waals surface area contributed by atoms with Gasteiger partial charge in [0.1, 0.15) is 5.82 Å². The van der Waals surface area contributed by atoms with E-state index in [2.05, 4.69) is 19.9 Å². The van der Waals surface area contributed by atoms with Gasteiger partial charge in [0.2, 0.25) is 5.95 Å². The van der Waals surface area contributed by atoms with E-state index in [4.69, 9.17) is 39.7 Å². The van der Waals surface area contributed by atoms with Crippen LogP contribution in [0.1, 0.15) is 29.5 Å². The molecule has 1 aliphatic carbocycles. The molecule has 4 N–H and O–H groups in total. The third-order valence-electron chi connectivity index (χ3n) is 6.69. The fraction of sp³-hybridized carbons (Fsp3) is 0.333. The van der Waals surface area contributed by atoms with E-state index in [0.717, 1.165) is 59.4 Å². The molecule has 0 saturated carbocycles. The van der Waals surface area contributed by atoms with Crippen molar-refractivity contribution in [3.05, 3.63) is 50.9 Å². The van der Waals surface area contributed by atoms with Crippen molar-refractivity contribution in [3.63, 3.8) is 0 Å². The zero-order chi connectivity index (χ0) is 22.7. The summed E-state index contributed by atoms with van der Waals surface area (Å²) in [5.41, 5.74) is 14.4. The highest BCUT2D eigenvalue weighted by atomic mass is 35.5. The zero-order valence-corrected chi connectivity index (χ0v) is 20.6. The van der Waals surface area contributed by atoms with Gasteiger partial charge in [-0.3, -0.25) is 4.40 Å². The molecule has 0 radical (unpaired) electrons. The van der Waals surface area contributed by atoms with E-state index in [9.17, 15) is 0 Å². The summed E-state index contributed by atoms with van der Waals surface area (Å²) in [6.07, 6.45) is 10.2. The molecular weight excluding hydrogens is 499 g/mol. The Kier molecular flexibility index (Phi) is 5.19. The van der Waals surface area contributed by atoms with Crippen LogP contribution in [0.4, 0.5) is 11.8 Å². The molecule has 0 unspecified atom stereocenters. The highest BCUT2D eigenvalue weighted by Crippen LogP contribution is 2.52. The minimum absolute atomic E-state index is 0.0527. The fourth-order valence-electron chi connectivity index (χ4n) is 4.89. The zero-order valence-electron chi connectivity index (χ0n) is 17.4. The number of aromatic nitrogens is 5. The minimum atomic E-state index is -0.0593. The third-order valence-corrected chi connectivity index (χ3v) is 9.44. The van der Waals surface area contributed by atoms with Crippen molar-refractivity contribution in [2.75, 3.05) is 23.7 Å². The Morgan fingerprint density at radius 3 is 2.73 bits per heavy atom. The van der Waals surface area contributed by atoms with Gasteiger partial charge in [-0.2, -0.15) is 0 Å². The normalized spacial score (nSPS) is 19.5. The summed E-state index contributed by atoms with van der Waals surface area (Å²) in [7, 11) is 0. The molecule has 0 aromatic carbocycles. The molecule has 8 nitrogen and oxygen atoms in total. The molecule has 6 rings (SSSR count). The lowest BCUT2D eigenvalue weighted by Crippen LogP contribution is -2.45. The molecular formula is C21H20Cl2N8S2. The van der Waals surface area contributed by atoms with Gasteiger partial charge in [0, 0.05) is 47.6 Å². The highest BCUT2D eigenvalue weighted by Gasteiger charge is 2.48. The van der Waals surface area contributed by atoms with E-state index < -0.39 is 0 Å². The number of nitrogens with zero attached hydrogens (tertiary/aromatic N) is 6. The maximum Gasteiger partial charge on any atom is 0.211 e. The van der Waals surface area contributed by atoms with Gasteiger partial charge in [-0.05, 0) is 30.7 Å². The predicted octanol–water partition coefficient (Wildman–Crippen LogP) is 4.46. The monoisotopic (exact) mass is 518 g/mol. The average Bonchev–Trinajstić information content (AvgIpc) is 3.49. The first-order chi connectivity index (χ1) is 15.9. The quantitative estimate of drug-likeness (QED) is 0.408. The van der Waals surface area contributed by atoms with Gasteiger partial charge in [0.05, 0.1) is 21.7 Å². The van der Waals surface area contributed by atoms with Crippen molar-refractivity contribution in [2.45, 2.75) is 35.1 Å². The number of piperidine rings is 1. The van der Waals surface area contributed by atoms with E-state index in [1.807, 2.05) is 22.9 Å². The first-order valence-electron chi connectivity index (χ1n) is 10.5. The molecule has 0 amide bonds. The van der Waals surface area contributed by atoms with Gasteiger partial charge in [-0.1, -0.05) is 35.0 Å². The lowest BCUT2D eigenvalue weighted by molar-refractivity contribution is 0.185. The van der Waals surface area contributed by atoms with Gasteiger partial charge in [0.15, 0.2) is 10.1 Å². The Hall–Kier alpha value is -2.11. The lowest BCUT2D eigenvalue weighted by Gasteiger charge is -2.42. The van der Waals surface area contributed by atoms with Crippen LogP contribution in [0.2, 0.25) is 9.49 Å². The smallest absolute Gasteiger partial charge is 0.211 e. The Morgan fingerprint density at radius 1 is 1.12 bits per heavy atom. The molecule has 12 heteroatoms. The fourth-order valence-corrected chi connectivity index (χ4v) is 7.38. The second-order valence-corrected chi connectivity index (χ2v) is 11.6. The van der Waals surface area contributed by atoms with Crippen molar-refractivity contribution in [3.8, 4) is 0 Å². The standard InChI is InChI=1S/C21H20Cl2N8S2/c22-14-11(1-4-26-17(14)25)32-13-10-28-20(31-8-5-27-18(13)31)30-6-2-21(3-7-30)9-12-15(16(21)24)29-19(23)33-12/h1,4-5,8,10,16H,2-3,6-7,9,24H2,(H2,25,26)/t16-/m1/s1. The van der Waals surface area contributed by atoms with Crippen LogP contribution in [-0.4, -0.2) is 37.4 Å². The van der Waals surface area contributed by atoms with E-state index >= 15 is 0 Å². The number of imidazole rings is 1. The number of thiazole rings is 1. The van der Waals surface area contributed by atoms with E-state index in [1.165, 1.54) is 16.6 Å². The summed E-state index contributed by atoms with van der Waals surface area (Å²) in [6, 6.07) is 1.78. The first kappa shape index (κ1) is 21.4. The number of nitrogen functional groups attached to an aromatic ring is 1. The second-order valence-electron chi connectivity index (χ2n) is 8.43. The predicted molar refractivity (Wildman–Crippen MR) is 132 cm³/mol. The Morgan fingerprint density at radius 2 is 1.94 bits per heavy atom. The van der Waals surface area contributed by atoms with Crippen LogP contribution < -0.4 is 16.4 Å². The molecule has 1 saturated heterocycles. The molecule has 4 aromatic heterocycles. The van der Waals surface area contributed by atoms with Crippen LogP contribution in [-0.2, 0) is 6.42 Å². The number of halogens is 2. The van der Waals surface area contributed by atoms with Crippen LogP contribution in [0.15, 0.2) is 40.6 Å². The molecule has 5 heterocycles. The third kappa shape index (κ3) is 3.47. The van der Waals surface area contributed by atoms with Crippen molar-refractivity contribution < 1.29 is 0 Å². The van der Waals surface area contributed by atoms with Crippen molar-refractivity contribution in [2.24, 2.45) is 11.1 Å². The van der Waals surface area contributed by atoms with Gasteiger partial charge in [0.25, 0.3) is 0 Å². The molecule has 170 valence electrons. The molecule has 2 aliphatic rings. The summed E-state index contributed by atoms with van der Waals surface area (Å²) < 4.78 is 2.62. The van der Waals surface area contributed by atoms with Gasteiger partial charge < -0.3 is 16.4 Å².